The molecule has 0 aliphatic heterocycles. The van der Waals surface area contributed by atoms with Crippen molar-refractivity contribution in [2.24, 2.45) is 7.05 Å². The van der Waals surface area contributed by atoms with Crippen molar-refractivity contribution < 1.29 is 4.39 Å². The van der Waals surface area contributed by atoms with E-state index in [1.165, 1.54) is 6.07 Å². The van der Waals surface area contributed by atoms with E-state index in [-0.39, 0.29) is 5.82 Å². The van der Waals surface area contributed by atoms with Crippen molar-refractivity contribution in [3.05, 3.63) is 45.9 Å². The van der Waals surface area contributed by atoms with Crippen molar-refractivity contribution in [3.8, 4) is 0 Å². The van der Waals surface area contributed by atoms with Crippen LogP contribution in [-0.4, -0.2) is 9.78 Å². The van der Waals surface area contributed by atoms with Gasteiger partial charge in [0.1, 0.15) is 5.82 Å². The molecule has 2 aromatic rings. The van der Waals surface area contributed by atoms with Crippen LogP contribution < -0.4 is 5.32 Å². The third-order valence-corrected chi connectivity index (χ3v) is 3.10. The molecular weight excluding hydrogens is 285 g/mol. The minimum atomic E-state index is -0.265. The van der Waals surface area contributed by atoms with Crippen molar-refractivity contribution in [1.29, 1.82) is 0 Å². The zero-order valence-electron chi connectivity index (χ0n) is 9.67. The van der Waals surface area contributed by atoms with Crippen LogP contribution in [0.15, 0.2) is 28.9 Å². The van der Waals surface area contributed by atoms with Gasteiger partial charge < -0.3 is 5.32 Å². The number of rotatable bonds is 3. The van der Waals surface area contributed by atoms with Crippen molar-refractivity contribution in [2.45, 2.75) is 13.5 Å². The van der Waals surface area contributed by atoms with Crippen LogP contribution in [0.5, 0.6) is 0 Å². The van der Waals surface area contributed by atoms with E-state index in [0.717, 1.165) is 16.9 Å². The molecule has 3 nitrogen and oxygen atoms in total. The Bertz CT molecular complexity index is 537. The monoisotopic (exact) mass is 297 g/mol. The van der Waals surface area contributed by atoms with Crippen LogP contribution in [0, 0.1) is 12.7 Å². The normalized spacial score (nSPS) is 10.6. The first-order chi connectivity index (χ1) is 8.06. The van der Waals surface area contributed by atoms with Crippen LogP contribution >= 0.6 is 15.9 Å². The van der Waals surface area contributed by atoms with Crippen molar-refractivity contribution in [3.63, 3.8) is 0 Å². The molecule has 0 unspecified atom stereocenters. The van der Waals surface area contributed by atoms with Gasteiger partial charge in [0.25, 0.3) is 0 Å². The second-order valence-corrected chi connectivity index (χ2v) is 4.77. The molecule has 0 amide bonds. The Balaban J connectivity index is 2.11. The van der Waals surface area contributed by atoms with Gasteiger partial charge in [-0.2, -0.15) is 5.10 Å². The van der Waals surface area contributed by atoms with E-state index in [2.05, 4.69) is 26.3 Å². The molecule has 1 heterocycles. The fourth-order valence-electron chi connectivity index (χ4n) is 1.58. The summed E-state index contributed by atoms with van der Waals surface area (Å²) in [6.45, 7) is 2.52. The lowest BCUT2D eigenvalue weighted by Gasteiger charge is -2.09. The number of nitrogens with one attached hydrogen (secondary N) is 1. The molecule has 0 aliphatic rings. The molecule has 17 heavy (non-hydrogen) atoms. The van der Waals surface area contributed by atoms with Crippen molar-refractivity contribution in [1.82, 2.24) is 9.78 Å². The standard InChI is InChI=1S/C12H13BrFN3/c1-8-5-10(13)11(14)6-12(8)15-7-9-3-4-17(2)16-9/h3-6,15H,7H2,1-2H3. The number of hydrogen-bond acceptors (Lipinski definition) is 2. The van der Waals surface area contributed by atoms with Gasteiger partial charge in [0.2, 0.25) is 0 Å². The van der Waals surface area contributed by atoms with Crippen LogP contribution in [0.2, 0.25) is 0 Å². The van der Waals surface area contributed by atoms with E-state index in [9.17, 15) is 4.39 Å². The maximum Gasteiger partial charge on any atom is 0.139 e. The average Bonchev–Trinajstić information content (AvgIpc) is 2.68. The first-order valence-electron chi connectivity index (χ1n) is 5.24. The molecular formula is C12H13BrFN3. The third-order valence-electron chi connectivity index (χ3n) is 2.50. The molecule has 90 valence electrons. The van der Waals surface area contributed by atoms with Gasteiger partial charge in [-0.25, -0.2) is 4.39 Å². The summed E-state index contributed by atoms with van der Waals surface area (Å²) in [7, 11) is 1.87. The highest BCUT2D eigenvalue weighted by Gasteiger charge is 2.05. The molecule has 0 radical (unpaired) electrons. The Kier molecular flexibility index (Phi) is 3.47. The molecule has 1 aromatic heterocycles. The molecule has 0 saturated heterocycles. The number of aryl methyl sites for hydroxylation is 2. The minimum Gasteiger partial charge on any atom is -0.379 e. The lowest BCUT2D eigenvalue weighted by molar-refractivity contribution is 0.621. The molecule has 0 spiro atoms. The van der Waals surface area contributed by atoms with E-state index in [1.54, 1.807) is 10.7 Å². The maximum absolute atomic E-state index is 13.4. The average molecular weight is 298 g/mol. The fraction of sp³-hybridized carbons (Fsp3) is 0.250. The van der Waals surface area contributed by atoms with E-state index in [1.807, 2.05) is 26.2 Å². The Morgan fingerprint density at radius 1 is 1.47 bits per heavy atom. The van der Waals surface area contributed by atoms with Crippen LogP contribution in [0.4, 0.5) is 10.1 Å². The van der Waals surface area contributed by atoms with Gasteiger partial charge >= 0.3 is 0 Å². The number of benzene rings is 1. The van der Waals surface area contributed by atoms with E-state index < -0.39 is 0 Å². The number of nitrogens with zero attached hydrogens (tertiary/aromatic N) is 2. The topological polar surface area (TPSA) is 29.9 Å². The largest absolute Gasteiger partial charge is 0.379 e. The lowest BCUT2D eigenvalue weighted by atomic mass is 10.2. The summed E-state index contributed by atoms with van der Waals surface area (Å²) in [4.78, 5) is 0. The summed E-state index contributed by atoms with van der Waals surface area (Å²) in [5, 5.41) is 7.42. The predicted octanol–water partition coefficient (Wildman–Crippen LogP) is 3.24. The van der Waals surface area contributed by atoms with Gasteiger partial charge in [-0.1, -0.05) is 0 Å². The zero-order valence-corrected chi connectivity index (χ0v) is 11.3. The third kappa shape index (κ3) is 2.85. The first kappa shape index (κ1) is 12.1. The van der Waals surface area contributed by atoms with Gasteiger partial charge in [0.05, 0.1) is 16.7 Å². The van der Waals surface area contributed by atoms with Gasteiger partial charge in [0, 0.05) is 18.9 Å². The molecule has 2 rings (SSSR count). The predicted molar refractivity (Wildman–Crippen MR) is 69.4 cm³/mol. The molecule has 0 bridgehead atoms. The lowest BCUT2D eigenvalue weighted by Crippen LogP contribution is -2.03. The van der Waals surface area contributed by atoms with Gasteiger partial charge in [-0.05, 0) is 46.6 Å². The SMILES string of the molecule is Cc1cc(Br)c(F)cc1NCc1ccn(C)n1. The Labute approximate surface area is 108 Å². The van der Waals surface area contributed by atoms with Gasteiger partial charge in [-0.15, -0.1) is 0 Å². The smallest absolute Gasteiger partial charge is 0.139 e. The molecule has 1 aromatic carbocycles. The first-order valence-corrected chi connectivity index (χ1v) is 6.03. The van der Waals surface area contributed by atoms with E-state index in [0.29, 0.717) is 11.0 Å². The van der Waals surface area contributed by atoms with Crippen LogP contribution in [0.3, 0.4) is 0 Å². The van der Waals surface area contributed by atoms with E-state index >= 15 is 0 Å². The number of hydrogen-bond donors (Lipinski definition) is 1. The summed E-state index contributed by atoms with van der Waals surface area (Å²) < 4.78 is 15.6. The zero-order chi connectivity index (χ0) is 12.4. The Hall–Kier alpha value is -1.36. The van der Waals surface area contributed by atoms with Crippen molar-refractivity contribution >= 4 is 21.6 Å². The minimum absolute atomic E-state index is 0.265. The summed E-state index contributed by atoms with van der Waals surface area (Å²) in [5.74, 6) is -0.265. The maximum atomic E-state index is 13.4. The molecule has 0 fully saturated rings. The number of halogens is 2. The van der Waals surface area contributed by atoms with Gasteiger partial charge in [0.15, 0.2) is 0 Å². The summed E-state index contributed by atoms with van der Waals surface area (Å²) >= 11 is 3.16. The quantitative estimate of drug-likeness (QED) is 0.942. The number of anilines is 1. The van der Waals surface area contributed by atoms with Gasteiger partial charge in [-0.3, -0.25) is 4.68 Å². The Morgan fingerprint density at radius 2 is 2.24 bits per heavy atom. The molecule has 0 atom stereocenters. The second-order valence-electron chi connectivity index (χ2n) is 3.92. The highest BCUT2D eigenvalue weighted by molar-refractivity contribution is 9.10. The number of aromatic nitrogens is 2. The molecule has 5 heteroatoms. The molecule has 0 aliphatic carbocycles. The highest BCUT2D eigenvalue weighted by atomic mass is 79.9. The summed E-state index contributed by atoms with van der Waals surface area (Å²) in [5.41, 5.74) is 2.71. The van der Waals surface area contributed by atoms with Crippen LogP contribution in [0.1, 0.15) is 11.3 Å². The van der Waals surface area contributed by atoms with Crippen LogP contribution in [-0.2, 0) is 13.6 Å². The fourth-order valence-corrected chi connectivity index (χ4v) is 2.04. The second kappa shape index (κ2) is 4.87. The van der Waals surface area contributed by atoms with Crippen LogP contribution in [0.25, 0.3) is 0 Å². The summed E-state index contributed by atoms with van der Waals surface area (Å²) in [6, 6.07) is 5.18. The van der Waals surface area contributed by atoms with Crippen molar-refractivity contribution in [2.75, 3.05) is 5.32 Å². The molecule has 0 saturated carbocycles. The Morgan fingerprint density at radius 3 is 2.88 bits per heavy atom. The summed E-state index contributed by atoms with van der Waals surface area (Å²) in [6.07, 6.45) is 1.88. The molecule has 1 N–H and O–H groups in total. The van der Waals surface area contributed by atoms with E-state index in [4.69, 9.17) is 0 Å². The highest BCUT2D eigenvalue weighted by Crippen LogP contribution is 2.24.